The molecule has 172 valence electrons. The van der Waals surface area contributed by atoms with Gasteiger partial charge in [0.05, 0.1) is 24.1 Å². The van der Waals surface area contributed by atoms with Gasteiger partial charge in [0.2, 0.25) is 5.95 Å². The molecule has 0 fully saturated rings. The molecule has 0 saturated heterocycles. The maximum Gasteiger partial charge on any atom is 0.229 e. The quantitative estimate of drug-likeness (QED) is 0.611. The fraction of sp³-hybridized carbons (Fsp3) is 0.375. The summed E-state index contributed by atoms with van der Waals surface area (Å²) in [7, 11) is 2.04. The van der Waals surface area contributed by atoms with Gasteiger partial charge in [-0.15, -0.1) is 0 Å². The predicted molar refractivity (Wildman–Crippen MR) is 123 cm³/mol. The molecule has 0 radical (unpaired) electrons. The summed E-state index contributed by atoms with van der Waals surface area (Å²) in [6, 6.07) is 7.06. The zero-order valence-corrected chi connectivity index (χ0v) is 18.9. The first kappa shape index (κ1) is 21.5. The number of rotatable bonds is 5. The molecule has 0 amide bonds. The molecule has 9 heteroatoms. The molecule has 7 nitrogen and oxygen atoms in total. The minimum Gasteiger partial charge on any atom is -0.486 e. The molecule has 5 rings (SSSR count). The van der Waals surface area contributed by atoms with E-state index in [-0.39, 0.29) is 23.4 Å². The Kier molecular flexibility index (Phi) is 5.57. The number of fused-ring (bicyclic) bond motifs is 2. The number of ether oxygens (including phenoxy) is 1. The van der Waals surface area contributed by atoms with Crippen molar-refractivity contribution in [2.45, 2.75) is 39.4 Å². The molecular formula is C24H26F2N6O. The summed E-state index contributed by atoms with van der Waals surface area (Å²) in [4.78, 5) is 17.3. The first-order chi connectivity index (χ1) is 15.9. The van der Waals surface area contributed by atoms with Crippen LogP contribution >= 0.6 is 0 Å². The van der Waals surface area contributed by atoms with Gasteiger partial charge in [0.15, 0.2) is 17.4 Å². The van der Waals surface area contributed by atoms with Crippen molar-refractivity contribution in [2.75, 3.05) is 30.4 Å². The monoisotopic (exact) mass is 452 g/mol. The topological polar surface area (TPSA) is 66.4 Å². The third kappa shape index (κ3) is 4.08. The lowest BCUT2D eigenvalue weighted by Gasteiger charge is -2.36. The van der Waals surface area contributed by atoms with Crippen LogP contribution in [-0.2, 0) is 13.1 Å². The van der Waals surface area contributed by atoms with E-state index in [9.17, 15) is 8.78 Å². The van der Waals surface area contributed by atoms with Crippen LogP contribution in [0.25, 0.3) is 11.3 Å². The van der Waals surface area contributed by atoms with E-state index in [1.165, 1.54) is 11.6 Å². The highest BCUT2D eigenvalue weighted by Gasteiger charge is 2.26. The largest absolute Gasteiger partial charge is 0.486 e. The third-order valence-electron chi connectivity index (χ3n) is 6.22. The average Bonchev–Trinajstić information content (AvgIpc) is 3.18. The predicted octanol–water partition coefficient (Wildman–Crippen LogP) is 4.50. The minimum atomic E-state index is -0.629. The molecule has 0 aliphatic carbocycles. The van der Waals surface area contributed by atoms with Gasteiger partial charge in [0.25, 0.3) is 0 Å². The minimum absolute atomic E-state index is 0.0183. The van der Waals surface area contributed by atoms with Crippen LogP contribution in [0.3, 0.4) is 0 Å². The highest BCUT2D eigenvalue weighted by Crippen LogP contribution is 2.39. The fourth-order valence-corrected chi connectivity index (χ4v) is 4.34. The van der Waals surface area contributed by atoms with Crippen molar-refractivity contribution < 1.29 is 13.5 Å². The lowest BCUT2D eigenvalue weighted by atomic mass is 10.1. The van der Waals surface area contributed by atoms with E-state index in [1.807, 2.05) is 19.2 Å². The molecule has 2 aliphatic heterocycles. The van der Waals surface area contributed by atoms with Crippen molar-refractivity contribution in [1.82, 2.24) is 19.9 Å². The second-order valence-electron chi connectivity index (χ2n) is 8.60. The second kappa shape index (κ2) is 8.55. The van der Waals surface area contributed by atoms with Gasteiger partial charge < -0.3 is 15.0 Å². The number of nitrogens with zero attached hydrogens (tertiary/aromatic N) is 5. The van der Waals surface area contributed by atoms with E-state index in [0.29, 0.717) is 30.2 Å². The first-order valence-electron chi connectivity index (χ1n) is 11.1. The second-order valence-corrected chi connectivity index (χ2v) is 8.60. The molecule has 1 unspecified atom stereocenters. The lowest BCUT2D eigenvalue weighted by Crippen LogP contribution is -2.39. The van der Waals surface area contributed by atoms with Gasteiger partial charge in [-0.3, -0.25) is 4.90 Å². The zero-order chi connectivity index (χ0) is 23.1. The van der Waals surface area contributed by atoms with E-state index >= 15 is 0 Å². The zero-order valence-electron chi connectivity index (χ0n) is 18.9. The van der Waals surface area contributed by atoms with E-state index in [4.69, 9.17) is 4.74 Å². The van der Waals surface area contributed by atoms with Crippen LogP contribution in [0.5, 0.6) is 5.75 Å². The molecule has 33 heavy (non-hydrogen) atoms. The molecular weight excluding hydrogens is 426 g/mol. The first-order valence-corrected chi connectivity index (χ1v) is 11.1. The summed E-state index contributed by atoms with van der Waals surface area (Å²) < 4.78 is 35.3. The van der Waals surface area contributed by atoms with Gasteiger partial charge in [-0.05, 0) is 44.2 Å². The molecule has 0 spiro atoms. The van der Waals surface area contributed by atoms with Crippen LogP contribution < -0.4 is 15.0 Å². The summed E-state index contributed by atoms with van der Waals surface area (Å²) in [5.74, 6) is -0.193. The number of benzene rings is 1. The molecule has 3 aromatic rings. The number of hydrogen-bond acceptors (Lipinski definition) is 7. The number of pyridine rings is 1. The maximum absolute atomic E-state index is 14.9. The summed E-state index contributed by atoms with van der Waals surface area (Å²) in [6.45, 7) is 6.84. The van der Waals surface area contributed by atoms with Crippen molar-refractivity contribution in [3.05, 3.63) is 53.4 Å². The standard InChI is InChI=1S/C24H26F2N6O/c1-4-14(2)32-7-8-33-23-17(25)9-16(10-20(23)32)22-18(26)11-27-24(30-22)29-21-6-5-15-12-31(3)13-19(15)28-21/h5-6,9-11,14H,4,7-8,12-13H2,1-3H3,(H,27,28,29,30). The summed E-state index contributed by atoms with van der Waals surface area (Å²) in [6.07, 6.45) is 1.98. The number of nitrogens with one attached hydrogen (secondary N) is 1. The van der Waals surface area contributed by atoms with Gasteiger partial charge >= 0.3 is 0 Å². The van der Waals surface area contributed by atoms with Gasteiger partial charge in [-0.2, -0.15) is 0 Å². The number of aromatic nitrogens is 3. The molecule has 0 saturated carbocycles. The molecule has 2 aliphatic rings. The Hall–Kier alpha value is -3.33. The average molecular weight is 453 g/mol. The third-order valence-corrected chi connectivity index (χ3v) is 6.22. The molecule has 1 N–H and O–H groups in total. The van der Waals surface area contributed by atoms with Crippen LogP contribution in [0, 0.1) is 11.6 Å². The summed E-state index contributed by atoms with van der Waals surface area (Å²) in [5, 5.41) is 3.05. The van der Waals surface area contributed by atoms with Gasteiger partial charge in [-0.1, -0.05) is 13.0 Å². The van der Waals surface area contributed by atoms with Crippen molar-refractivity contribution in [1.29, 1.82) is 0 Å². The summed E-state index contributed by atoms with van der Waals surface area (Å²) >= 11 is 0. The van der Waals surface area contributed by atoms with Gasteiger partial charge in [0.1, 0.15) is 18.1 Å². The van der Waals surface area contributed by atoms with Crippen molar-refractivity contribution in [2.24, 2.45) is 0 Å². The molecule has 1 aromatic carbocycles. The molecule has 2 aromatic heterocycles. The lowest BCUT2D eigenvalue weighted by molar-refractivity contribution is 0.285. The van der Waals surface area contributed by atoms with E-state index < -0.39 is 11.6 Å². The van der Waals surface area contributed by atoms with Crippen LogP contribution in [0.15, 0.2) is 30.5 Å². The van der Waals surface area contributed by atoms with Crippen molar-refractivity contribution in [3.8, 4) is 17.0 Å². The number of anilines is 3. The van der Waals surface area contributed by atoms with Crippen molar-refractivity contribution >= 4 is 17.5 Å². The Morgan fingerprint density at radius 2 is 2.00 bits per heavy atom. The van der Waals surface area contributed by atoms with E-state index in [2.05, 4.69) is 43.9 Å². The highest BCUT2D eigenvalue weighted by atomic mass is 19.1. The Morgan fingerprint density at radius 1 is 1.15 bits per heavy atom. The van der Waals surface area contributed by atoms with E-state index in [0.717, 1.165) is 31.4 Å². The summed E-state index contributed by atoms with van der Waals surface area (Å²) in [5.41, 5.74) is 3.14. The Morgan fingerprint density at radius 3 is 2.82 bits per heavy atom. The molecule has 1 atom stereocenters. The Labute approximate surface area is 191 Å². The fourth-order valence-electron chi connectivity index (χ4n) is 4.34. The molecule has 4 heterocycles. The van der Waals surface area contributed by atoms with Crippen LogP contribution in [0.2, 0.25) is 0 Å². The highest BCUT2D eigenvalue weighted by molar-refractivity contribution is 5.73. The Bertz CT molecular complexity index is 1200. The smallest absolute Gasteiger partial charge is 0.229 e. The SMILES string of the molecule is CCC(C)N1CCOc2c(F)cc(-c3nc(Nc4ccc5c(n4)CN(C)C5)ncc3F)cc21. The normalized spacial score (nSPS) is 16.2. The molecule has 0 bridgehead atoms. The maximum atomic E-state index is 14.9. The van der Waals surface area contributed by atoms with Crippen LogP contribution in [-0.4, -0.2) is 46.1 Å². The van der Waals surface area contributed by atoms with E-state index in [1.54, 1.807) is 6.07 Å². The number of hydrogen-bond donors (Lipinski definition) is 1. The number of halogens is 2. The van der Waals surface area contributed by atoms with Gasteiger partial charge in [-0.25, -0.2) is 23.7 Å². The Balaban J connectivity index is 1.49. The van der Waals surface area contributed by atoms with Crippen LogP contribution in [0.4, 0.5) is 26.2 Å². The van der Waals surface area contributed by atoms with Crippen LogP contribution in [0.1, 0.15) is 31.5 Å². The van der Waals surface area contributed by atoms with Gasteiger partial charge in [0, 0.05) is 24.7 Å². The van der Waals surface area contributed by atoms with Crippen molar-refractivity contribution in [3.63, 3.8) is 0 Å².